The molecule has 1 heterocycles. The van der Waals surface area contributed by atoms with E-state index in [1.165, 1.54) is 49.8 Å². The largest absolute Gasteiger partial charge is 0.373 e. The van der Waals surface area contributed by atoms with E-state index in [2.05, 4.69) is 42.1 Å². The van der Waals surface area contributed by atoms with Gasteiger partial charge in [0.05, 0.1) is 12.7 Å². The first-order valence-corrected chi connectivity index (χ1v) is 8.74. The molecular formula is C17H24OS. The third kappa shape index (κ3) is 4.25. The molecule has 1 aromatic carbocycles. The van der Waals surface area contributed by atoms with Crippen LogP contribution in [0.3, 0.4) is 0 Å². The molecule has 1 nitrogen and oxygen atoms in total. The van der Waals surface area contributed by atoms with Crippen LogP contribution in [0.1, 0.15) is 44.1 Å². The summed E-state index contributed by atoms with van der Waals surface area (Å²) in [6.45, 7) is 0.791. The Hall–Kier alpha value is -0.470. The molecule has 1 aliphatic heterocycles. The Morgan fingerprint density at radius 1 is 1.11 bits per heavy atom. The smallest absolute Gasteiger partial charge is 0.0720 e. The van der Waals surface area contributed by atoms with Crippen LogP contribution < -0.4 is 0 Å². The van der Waals surface area contributed by atoms with Crippen LogP contribution in [0.25, 0.3) is 0 Å². The molecule has 2 fully saturated rings. The first-order chi connectivity index (χ1) is 9.42. The molecule has 104 valence electrons. The lowest BCUT2D eigenvalue weighted by molar-refractivity contribution is -0.0137. The van der Waals surface area contributed by atoms with Crippen LogP contribution in [-0.4, -0.2) is 17.1 Å². The molecule has 3 rings (SSSR count). The van der Waals surface area contributed by atoms with E-state index < -0.39 is 0 Å². The predicted molar refractivity (Wildman–Crippen MR) is 82.5 cm³/mol. The minimum Gasteiger partial charge on any atom is -0.373 e. The van der Waals surface area contributed by atoms with Gasteiger partial charge in [-0.3, -0.25) is 0 Å². The van der Waals surface area contributed by atoms with Gasteiger partial charge in [-0.25, -0.2) is 0 Å². The van der Waals surface area contributed by atoms with Gasteiger partial charge in [0.2, 0.25) is 0 Å². The van der Waals surface area contributed by atoms with Crippen LogP contribution >= 0.6 is 11.8 Å². The lowest BCUT2D eigenvalue weighted by Crippen LogP contribution is -2.27. The summed E-state index contributed by atoms with van der Waals surface area (Å²) in [5.41, 5.74) is 1.31. The fraction of sp³-hybridized carbons (Fsp3) is 0.647. The molecule has 1 saturated carbocycles. The molecule has 0 radical (unpaired) electrons. The molecule has 1 aromatic rings. The minimum atomic E-state index is 0.500. The molecule has 0 bridgehead atoms. The maximum Gasteiger partial charge on any atom is 0.0720 e. The molecule has 1 saturated heterocycles. The molecule has 19 heavy (non-hydrogen) atoms. The molecule has 0 spiro atoms. The van der Waals surface area contributed by atoms with Gasteiger partial charge in [-0.1, -0.05) is 49.6 Å². The van der Waals surface area contributed by atoms with E-state index >= 15 is 0 Å². The number of benzene rings is 1. The highest BCUT2D eigenvalue weighted by Gasteiger charge is 2.32. The van der Waals surface area contributed by atoms with Crippen molar-refractivity contribution in [2.24, 2.45) is 5.92 Å². The SMILES string of the molecule is c1ccc(COC(CC2CS2)C2CCCCC2)cc1. The standard InChI is InChI=1S/C17H24OS/c1-3-7-14(8-4-1)12-18-17(11-16-13-19-16)15-9-5-2-6-10-15/h1,3-4,7-8,15-17H,2,5-6,9-13H2. The third-order valence-electron chi connectivity index (χ3n) is 4.38. The van der Waals surface area contributed by atoms with Crippen molar-refractivity contribution in [3.63, 3.8) is 0 Å². The molecule has 2 atom stereocenters. The molecule has 0 N–H and O–H groups in total. The molecule has 0 aromatic heterocycles. The Bertz CT molecular complexity index is 368. The molecular weight excluding hydrogens is 252 g/mol. The zero-order valence-corrected chi connectivity index (χ0v) is 12.4. The quantitative estimate of drug-likeness (QED) is 0.699. The van der Waals surface area contributed by atoms with E-state index in [1.807, 2.05) is 0 Å². The van der Waals surface area contributed by atoms with Gasteiger partial charge >= 0.3 is 0 Å². The van der Waals surface area contributed by atoms with Crippen LogP contribution in [0, 0.1) is 5.92 Å². The van der Waals surface area contributed by atoms with Crippen LogP contribution in [-0.2, 0) is 11.3 Å². The zero-order valence-electron chi connectivity index (χ0n) is 11.6. The monoisotopic (exact) mass is 276 g/mol. The highest BCUT2D eigenvalue weighted by atomic mass is 32.2. The number of thioether (sulfide) groups is 1. The van der Waals surface area contributed by atoms with Crippen LogP contribution in [0.2, 0.25) is 0 Å². The summed E-state index contributed by atoms with van der Waals surface area (Å²) in [7, 11) is 0. The first-order valence-electron chi connectivity index (χ1n) is 7.69. The number of hydrogen-bond donors (Lipinski definition) is 0. The predicted octanol–water partition coefficient (Wildman–Crippen LogP) is 4.66. The van der Waals surface area contributed by atoms with Gasteiger partial charge in [-0.05, 0) is 30.7 Å². The Morgan fingerprint density at radius 3 is 2.53 bits per heavy atom. The molecule has 2 aliphatic rings. The highest BCUT2D eigenvalue weighted by Crippen LogP contribution is 2.39. The van der Waals surface area contributed by atoms with Crippen molar-refractivity contribution in [2.45, 2.75) is 56.5 Å². The summed E-state index contributed by atoms with van der Waals surface area (Å²) in [6.07, 6.45) is 8.80. The first kappa shape index (κ1) is 13.5. The number of hydrogen-bond acceptors (Lipinski definition) is 2. The Balaban J connectivity index is 1.55. The van der Waals surface area contributed by atoms with Gasteiger partial charge in [0.15, 0.2) is 0 Å². The fourth-order valence-electron chi connectivity index (χ4n) is 3.14. The Kier molecular flexibility index (Phi) is 4.84. The maximum absolute atomic E-state index is 6.31. The van der Waals surface area contributed by atoms with Crippen molar-refractivity contribution in [1.82, 2.24) is 0 Å². The lowest BCUT2D eigenvalue weighted by atomic mass is 9.83. The van der Waals surface area contributed by atoms with Crippen LogP contribution in [0.4, 0.5) is 0 Å². The normalized spacial score (nSPS) is 25.2. The second-order valence-corrected chi connectivity index (χ2v) is 7.26. The van der Waals surface area contributed by atoms with Crippen molar-refractivity contribution in [3.05, 3.63) is 35.9 Å². The van der Waals surface area contributed by atoms with E-state index in [1.54, 1.807) is 0 Å². The molecule has 0 amide bonds. The summed E-state index contributed by atoms with van der Waals surface area (Å²) < 4.78 is 6.31. The topological polar surface area (TPSA) is 9.23 Å². The van der Waals surface area contributed by atoms with Crippen molar-refractivity contribution in [1.29, 1.82) is 0 Å². The van der Waals surface area contributed by atoms with Crippen molar-refractivity contribution in [3.8, 4) is 0 Å². The van der Waals surface area contributed by atoms with Crippen LogP contribution in [0.5, 0.6) is 0 Å². The summed E-state index contributed by atoms with van der Waals surface area (Å²) in [5, 5.41) is 0.891. The van der Waals surface area contributed by atoms with Gasteiger partial charge < -0.3 is 4.74 Å². The average Bonchev–Trinajstić information content (AvgIpc) is 3.29. The van der Waals surface area contributed by atoms with Gasteiger partial charge in [0.25, 0.3) is 0 Å². The number of ether oxygens (including phenoxy) is 1. The van der Waals surface area contributed by atoms with E-state index in [0.29, 0.717) is 6.10 Å². The zero-order chi connectivity index (χ0) is 12.9. The van der Waals surface area contributed by atoms with Crippen molar-refractivity contribution >= 4 is 11.8 Å². The summed E-state index contributed by atoms with van der Waals surface area (Å²) >= 11 is 2.10. The minimum absolute atomic E-state index is 0.500. The average molecular weight is 276 g/mol. The molecule has 2 heteroatoms. The van der Waals surface area contributed by atoms with Crippen molar-refractivity contribution in [2.75, 3.05) is 5.75 Å². The Morgan fingerprint density at radius 2 is 1.84 bits per heavy atom. The third-order valence-corrected chi connectivity index (χ3v) is 5.38. The van der Waals surface area contributed by atoms with Gasteiger partial charge in [-0.15, -0.1) is 0 Å². The van der Waals surface area contributed by atoms with E-state index in [-0.39, 0.29) is 0 Å². The van der Waals surface area contributed by atoms with Crippen LogP contribution in [0.15, 0.2) is 30.3 Å². The second kappa shape index (κ2) is 6.81. The van der Waals surface area contributed by atoms with E-state index in [9.17, 15) is 0 Å². The second-order valence-electron chi connectivity index (χ2n) is 5.92. The number of rotatable bonds is 6. The van der Waals surface area contributed by atoms with Crippen molar-refractivity contribution < 1.29 is 4.74 Å². The Labute approximate surface area is 121 Å². The summed E-state index contributed by atoms with van der Waals surface area (Å²) in [4.78, 5) is 0. The summed E-state index contributed by atoms with van der Waals surface area (Å²) in [5.74, 6) is 2.18. The lowest BCUT2D eigenvalue weighted by Gasteiger charge is -2.30. The van der Waals surface area contributed by atoms with Gasteiger partial charge in [-0.2, -0.15) is 11.8 Å². The van der Waals surface area contributed by atoms with E-state index in [4.69, 9.17) is 4.74 Å². The molecule has 2 unspecified atom stereocenters. The van der Waals surface area contributed by atoms with E-state index in [0.717, 1.165) is 17.8 Å². The molecule has 1 aliphatic carbocycles. The highest BCUT2D eigenvalue weighted by molar-refractivity contribution is 8.06. The fourth-order valence-corrected chi connectivity index (χ4v) is 3.74. The van der Waals surface area contributed by atoms with Gasteiger partial charge in [0, 0.05) is 11.0 Å². The summed E-state index contributed by atoms with van der Waals surface area (Å²) in [6, 6.07) is 10.6. The van der Waals surface area contributed by atoms with Gasteiger partial charge in [0.1, 0.15) is 0 Å². The maximum atomic E-state index is 6.31.